The van der Waals surface area contributed by atoms with Gasteiger partial charge in [-0.3, -0.25) is 9.78 Å². The number of nitrogens with one attached hydrogen (secondary N) is 2. The number of aryl methyl sites for hydroxylation is 1. The Labute approximate surface area is 192 Å². The van der Waals surface area contributed by atoms with Gasteiger partial charge in [-0.15, -0.1) is 0 Å². The van der Waals surface area contributed by atoms with Crippen molar-refractivity contribution in [3.8, 4) is 17.2 Å². The minimum atomic E-state index is -0.287. The number of nitrogens with zero attached hydrogens (tertiary/aromatic N) is 3. The highest BCUT2D eigenvalue weighted by Crippen LogP contribution is 2.36. The Bertz CT molecular complexity index is 1310. The Balaban J connectivity index is 1.68. The first kappa shape index (κ1) is 22.1. The van der Waals surface area contributed by atoms with E-state index in [1.54, 1.807) is 26.3 Å². The molecule has 0 unspecified atom stereocenters. The predicted molar refractivity (Wildman–Crippen MR) is 129 cm³/mol. The van der Waals surface area contributed by atoms with Crippen molar-refractivity contribution in [1.82, 2.24) is 19.9 Å². The van der Waals surface area contributed by atoms with Gasteiger partial charge in [-0.25, -0.2) is 4.98 Å². The van der Waals surface area contributed by atoms with Crippen molar-refractivity contribution >= 4 is 28.6 Å². The molecule has 0 bridgehead atoms. The first-order valence-corrected chi connectivity index (χ1v) is 10.7. The molecular formula is C25H27N5O3. The van der Waals surface area contributed by atoms with Crippen LogP contribution in [0.15, 0.2) is 54.7 Å². The number of hydrogen-bond donors (Lipinski definition) is 2. The van der Waals surface area contributed by atoms with Gasteiger partial charge in [0.05, 0.1) is 18.1 Å². The number of carbonyl (C=O) groups is 1. The lowest BCUT2D eigenvalue weighted by Gasteiger charge is -2.11. The maximum absolute atomic E-state index is 11.9. The Morgan fingerprint density at radius 1 is 1.09 bits per heavy atom. The number of amides is 1. The number of aromatic nitrogens is 3. The first-order chi connectivity index (χ1) is 15.9. The van der Waals surface area contributed by atoms with Crippen LogP contribution in [-0.2, 0) is 7.05 Å². The summed E-state index contributed by atoms with van der Waals surface area (Å²) < 4.78 is 13.6. The van der Waals surface area contributed by atoms with Gasteiger partial charge >= 0.3 is 0 Å². The van der Waals surface area contributed by atoms with E-state index in [1.165, 1.54) is 11.8 Å². The molecule has 0 saturated carbocycles. The van der Waals surface area contributed by atoms with Crippen LogP contribution in [0.1, 0.15) is 35.8 Å². The van der Waals surface area contributed by atoms with Gasteiger partial charge in [-0.2, -0.15) is 0 Å². The van der Waals surface area contributed by atoms with E-state index in [1.807, 2.05) is 35.9 Å². The SMILES string of the molecule is CNC(=O)c1cc(Oc2cc3nc(Nc4cccc(C(C)C)c4)n(C)c3cc2OC)ccn1. The summed E-state index contributed by atoms with van der Waals surface area (Å²) in [6.45, 7) is 4.34. The van der Waals surface area contributed by atoms with Gasteiger partial charge in [0, 0.05) is 44.2 Å². The molecule has 170 valence electrons. The lowest BCUT2D eigenvalue weighted by molar-refractivity contribution is 0.0958. The van der Waals surface area contributed by atoms with Gasteiger partial charge in [-0.1, -0.05) is 26.0 Å². The highest BCUT2D eigenvalue weighted by atomic mass is 16.5. The monoisotopic (exact) mass is 445 g/mol. The third-order valence-electron chi connectivity index (χ3n) is 5.39. The second kappa shape index (κ2) is 9.20. The van der Waals surface area contributed by atoms with E-state index >= 15 is 0 Å². The van der Waals surface area contributed by atoms with Gasteiger partial charge in [0.15, 0.2) is 11.5 Å². The Morgan fingerprint density at radius 3 is 2.64 bits per heavy atom. The summed E-state index contributed by atoms with van der Waals surface area (Å²) >= 11 is 0. The summed E-state index contributed by atoms with van der Waals surface area (Å²) in [5.74, 6) is 2.37. The summed E-state index contributed by atoms with van der Waals surface area (Å²) in [7, 11) is 5.09. The highest BCUT2D eigenvalue weighted by molar-refractivity contribution is 5.92. The maximum Gasteiger partial charge on any atom is 0.269 e. The average molecular weight is 446 g/mol. The lowest BCUT2D eigenvalue weighted by Crippen LogP contribution is -2.18. The molecule has 0 fully saturated rings. The Morgan fingerprint density at radius 2 is 1.91 bits per heavy atom. The summed E-state index contributed by atoms with van der Waals surface area (Å²) in [6.07, 6.45) is 1.53. The molecule has 2 N–H and O–H groups in total. The molecule has 2 aromatic heterocycles. The fourth-order valence-electron chi connectivity index (χ4n) is 3.51. The van der Waals surface area contributed by atoms with Crippen LogP contribution in [0.5, 0.6) is 17.2 Å². The van der Waals surface area contributed by atoms with Gasteiger partial charge in [0.1, 0.15) is 11.4 Å². The van der Waals surface area contributed by atoms with Crippen LogP contribution in [0.3, 0.4) is 0 Å². The van der Waals surface area contributed by atoms with Crippen molar-refractivity contribution in [3.63, 3.8) is 0 Å². The maximum atomic E-state index is 11.9. The fraction of sp³-hybridized carbons (Fsp3) is 0.240. The van der Waals surface area contributed by atoms with E-state index in [4.69, 9.17) is 14.5 Å². The summed E-state index contributed by atoms with van der Waals surface area (Å²) in [6, 6.07) is 15.3. The molecule has 0 radical (unpaired) electrons. The number of ether oxygens (including phenoxy) is 2. The Hall–Kier alpha value is -4.07. The number of methoxy groups -OCH3 is 1. The van der Waals surface area contributed by atoms with Crippen molar-refractivity contribution < 1.29 is 14.3 Å². The summed E-state index contributed by atoms with van der Waals surface area (Å²) in [5.41, 5.74) is 4.13. The standard InChI is InChI=1S/C25H27N5O3/c1-15(2)16-7-6-8-17(11-16)28-25-29-19-13-23(22(32-5)14-21(19)30(25)4)33-18-9-10-27-20(12-18)24(31)26-3/h6-15H,1-5H3,(H,26,31)(H,28,29). The van der Waals surface area contributed by atoms with E-state index < -0.39 is 0 Å². The number of imidazole rings is 1. The molecule has 8 nitrogen and oxygen atoms in total. The van der Waals surface area contributed by atoms with Gasteiger partial charge in [0.2, 0.25) is 5.95 Å². The molecule has 0 spiro atoms. The molecule has 4 aromatic rings. The predicted octanol–water partition coefficient (Wildman–Crippen LogP) is 5.00. The zero-order valence-corrected chi connectivity index (χ0v) is 19.3. The molecule has 2 heterocycles. The minimum Gasteiger partial charge on any atom is -0.493 e. The van der Waals surface area contributed by atoms with Crippen LogP contribution in [0.4, 0.5) is 11.6 Å². The van der Waals surface area contributed by atoms with Crippen LogP contribution in [0.25, 0.3) is 11.0 Å². The van der Waals surface area contributed by atoms with Gasteiger partial charge < -0.3 is 24.7 Å². The smallest absolute Gasteiger partial charge is 0.269 e. The number of rotatable bonds is 7. The third-order valence-corrected chi connectivity index (χ3v) is 5.39. The minimum absolute atomic E-state index is 0.267. The van der Waals surface area contributed by atoms with Crippen molar-refractivity contribution in [2.45, 2.75) is 19.8 Å². The van der Waals surface area contributed by atoms with Crippen LogP contribution < -0.4 is 20.1 Å². The topological polar surface area (TPSA) is 90.3 Å². The number of fused-ring (bicyclic) bond motifs is 1. The van der Waals surface area contributed by atoms with Gasteiger partial charge in [0.25, 0.3) is 5.91 Å². The van der Waals surface area contributed by atoms with Crippen LogP contribution in [0, 0.1) is 0 Å². The zero-order valence-electron chi connectivity index (χ0n) is 19.3. The van der Waals surface area contributed by atoms with Crippen molar-refractivity contribution in [2.24, 2.45) is 7.05 Å². The summed E-state index contributed by atoms with van der Waals surface area (Å²) in [5, 5.41) is 5.96. The largest absolute Gasteiger partial charge is 0.493 e. The van der Waals surface area contributed by atoms with E-state index in [0.717, 1.165) is 16.7 Å². The molecule has 0 atom stereocenters. The van der Waals surface area contributed by atoms with E-state index in [0.29, 0.717) is 29.1 Å². The molecule has 0 saturated heterocycles. The molecule has 33 heavy (non-hydrogen) atoms. The highest BCUT2D eigenvalue weighted by Gasteiger charge is 2.16. The second-order valence-electron chi connectivity index (χ2n) is 7.95. The van der Waals surface area contributed by atoms with Crippen LogP contribution >= 0.6 is 0 Å². The second-order valence-corrected chi connectivity index (χ2v) is 7.95. The zero-order chi connectivity index (χ0) is 23.5. The van der Waals surface area contributed by atoms with E-state index in [2.05, 4.69) is 41.6 Å². The molecule has 0 aliphatic rings. The number of hydrogen-bond acceptors (Lipinski definition) is 6. The molecule has 2 aromatic carbocycles. The molecule has 1 amide bonds. The quantitative estimate of drug-likeness (QED) is 0.416. The number of benzene rings is 2. The average Bonchev–Trinajstić information content (AvgIpc) is 3.12. The van der Waals surface area contributed by atoms with E-state index in [-0.39, 0.29) is 11.6 Å². The molecule has 0 aliphatic heterocycles. The Kier molecular flexibility index (Phi) is 6.17. The first-order valence-electron chi connectivity index (χ1n) is 10.7. The van der Waals surface area contributed by atoms with Crippen molar-refractivity contribution in [3.05, 3.63) is 66.0 Å². The molecule has 0 aliphatic carbocycles. The third kappa shape index (κ3) is 4.59. The molecular weight excluding hydrogens is 418 g/mol. The number of carbonyl (C=O) groups excluding carboxylic acids is 1. The molecule has 4 rings (SSSR count). The number of pyridine rings is 1. The van der Waals surface area contributed by atoms with E-state index in [9.17, 15) is 4.79 Å². The number of anilines is 2. The van der Waals surface area contributed by atoms with Crippen molar-refractivity contribution in [1.29, 1.82) is 0 Å². The normalized spacial score (nSPS) is 11.0. The summed E-state index contributed by atoms with van der Waals surface area (Å²) in [4.78, 5) is 20.7. The van der Waals surface area contributed by atoms with Crippen LogP contribution in [-0.4, -0.2) is 34.6 Å². The lowest BCUT2D eigenvalue weighted by atomic mass is 10.0. The fourth-order valence-corrected chi connectivity index (χ4v) is 3.51. The van der Waals surface area contributed by atoms with Crippen LogP contribution in [0.2, 0.25) is 0 Å². The van der Waals surface area contributed by atoms with Crippen molar-refractivity contribution in [2.75, 3.05) is 19.5 Å². The van der Waals surface area contributed by atoms with Gasteiger partial charge in [-0.05, 0) is 29.7 Å². The molecule has 8 heteroatoms.